The second-order valence-electron chi connectivity index (χ2n) is 13.2. The fourth-order valence-electron chi connectivity index (χ4n) is 4.94. The highest BCUT2D eigenvalue weighted by atomic mass is 31.1. The molecule has 1 aromatic rings. The van der Waals surface area contributed by atoms with Crippen LogP contribution in [0.15, 0.2) is 12.1 Å². The number of phenols is 1. The van der Waals surface area contributed by atoms with Gasteiger partial charge in [0.15, 0.2) is 0 Å². The van der Waals surface area contributed by atoms with E-state index in [-0.39, 0.29) is 10.8 Å². The van der Waals surface area contributed by atoms with Gasteiger partial charge in [0.05, 0.1) is 0 Å². The quantitative estimate of drug-likeness (QED) is 0.133. The van der Waals surface area contributed by atoms with Crippen molar-refractivity contribution in [3.8, 4) is 5.75 Å². The molecule has 0 radical (unpaired) electrons. The standard InChI is InChI=1S/C33H59O3P/c1-8-9-10-11-12-13-14-15-16-17-18-19-20-21-22-23-24-36-37(35)27-28-25-29(32(2,3)4)31(34)30(26-28)33(5,6)7/h25-26H,8-24,27H2,1-7H3/p+1. The minimum absolute atomic E-state index is 0.180. The van der Waals surface area contributed by atoms with Gasteiger partial charge in [-0.3, -0.25) is 0 Å². The van der Waals surface area contributed by atoms with Crippen LogP contribution in [0.5, 0.6) is 5.75 Å². The van der Waals surface area contributed by atoms with E-state index < -0.39 is 8.03 Å². The van der Waals surface area contributed by atoms with Crippen molar-refractivity contribution >= 4 is 8.03 Å². The third-order valence-corrected chi connectivity index (χ3v) is 8.42. The summed E-state index contributed by atoms with van der Waals surface area (Å²) in [4.78, 5) is 0. The molecule has 1 aromatic carbocycles. The first kappa shape index (κ1) is 34.1. The molecule has 0 amide bonds. The molecule has 0 spiro atoms. The molecule has 0 aromatic heterocycles. The van der Waals surface area contributed by atoms with E-state index in [9.17, 15) is 9.67 Å². The molecule has 214 valence electrons. The van der Waals surface area contributed by atoms with Gasteiger partial charge in [-0.05, 0) is 45.1 Å². The Balaban J connectivity index is 2.17. The van der Waals surface area contributed by atoms with Crippen LogP contribution in [0, 0.1) is 0 Å². The van der Waals surface area contributed by atoms with Crippen LogP contribution in [-0.2, 0) is 26.1 Å². The molecule has 37 heavy (non-hydrogen) atoms. The zero-order valence-electron chi connectivity index (χ0n) is 25.6. The lowest BCUT2D eigenvalue weighted by Crippen LogP contribution is -2.17. The molecule has 0 heterocycles. The smallest absolute Gasteiger partial charge is 0.507 e. The fraction of sp³-hybridized carbons (Fsp3) is 0.818. The molecule has 0 fully saturated rings. The first-order chi connectivity index (χ1) is 17.5. The minimum atomic E-state index is -1.74. The lowest BCUT2D eigenvalue weighted by molar-refractivity contribution is 0.315. The van der Waals surface area contributed by atoms with Crippen LogP contribution in [-0.4, -0.2) is 11.7 Å². The molecule has 1 unspecified atom stereocenters. The predicted molar refractivity (Wildman–Crippen MR) is 162 cm³/mol. The highest BCUT2D eigenvalue weighted by Gasteiger charge is 2.29. The highest BCUT2D eigenvalue weighted by molar-refractivity contribution is 7.38. The Kier molecular flexibility index (Phi) is 16.9. The van der Waals surface area contributed by atoms with Gasteiger partial charge in [0.1, 0.15) is 12.4 Å². The maximum absolute atomic E-state index is 12.6. The molecule has 0 bridgehead atoms. The second kappa shape index (κ2) is 18.4. The molecule has 1 rings (SSSR count). The summed E-state index contributed by atoms with van der Waals surface area (Å²) in [5.41, 5.74) is 2.45. The first-order valence-corrected chi connectivity index (χ1v) is 16.8. The van der Waals surface area contributed by atoms with Crippen molar-refractivity contribution in [3.05, 3.63) is 28.8 Å². The van der Waals surface area contributed by atoms with Gasteiger partial charge in [0.2, 0.25) is 6.16 Å². The van der Waals surface area contributed by atoms with Gasteiger partial charge in [-0.1, -0.05) is 145 Å². The van der Waals surface area contributed by atoms with Crippen LogP contribution in [0.2, 0.25) is 0 Å². The van der Waals surface area contributed by atoms with Crippen LogP contribution in [0.1, 0.15) is 168 Å². The third-order valence-electron chi connectivity index (χ3n) is 7.33. The molecule has 4 heteroatoms. The monoisotopic (exact) mass is 535 g/mol. The lowest BCUT2D eigenvalue weighted by Gasteiger charge is -2.27. The normalized spacial score (nSPS) is 12.8. The summed E-state index contributed by atoms with van der Waals surface area (Å²) in [6.45, 7) is 15.5. The predicted octanol–water partition coefficient (Wildman–Crippen LogP) is 11.5. The van der Waals surface area contributed by atoms with Crippen molar-refractivity contribution < 1.29 is 14.2 Å². The van der Waals surface area contributed by atoms with Crippen LogP contribution < -0.4 is 0 Å². The van der Waals surface area contributed by atoms with E-state index in [0.29, 0.717) is 18.5 Å². The summed E-state index contributed by atoms with van der Waals surface area (Å²) in [6, 6.07) is 4.02. The van der Waals surface area contributed by atoms with Gasteiger partial charge in [-0.15, -0.1) is 4.52 Å². The largest absolute Gasteiger partial charge is 0.512 e. The van der Waals surface area contributed by atoms with Gasteiger partial charge < -0.3 is 5.11 Å². The maximum Gasteiger partial charge on any atom is 0.512 e. The van der Waals surface area contributed by atoms with Crippen molar-refractivity contribution in [1.82, 2.24) is 0 Å². The van der Waals surface area contributed by atoms with Crippen molar-refractivity contribution in [2.75, 3.05) is 6.61 Å². The molecule has 1 N–H and O–H groups in total. The number of rotatable bonds is 20. The summed E-state index contributed by atoms with van der Waals surface area (Å²) >= 11 is 0. The van der Waals surface area contributed by atoms with E-state index in [4.69, 9.17) is 4.52 Å². The Morgan fingerprint density at radius 3 is 1.35 bits per heavy atom. The minimum Gasteiger partial charge on any atom is -0.507 e. The van der Waals surface area contributed by atoms with Crippen molar-refractivity contribution in [2.45, 2.75) is 168 Å². The zero-order chi connectivity index (χ0) is 27.7. The summed E-state index contributed by atoms with van der Waals surface area (Å²) in [7, 11) is -1.74. The van der Waals surface area contributed by atoms with E-state index in [2.05, 4.69) is 48.5 Å². The Morgan fingerprint density at radius 1 is 0.649 bits per heavy atom. The second-order valence-corrected chi connectivity index (χ2v) is 14.4. The number of aromatic hydroxyl groups is 1. The van der Waals surface area contributed by atoms with Crippen LogP contribution >= 0.6 is 8.03 Å². The van der Waals surface area contributed by atoms with Gasteiger partial charge in [0, 0.05) is 5.56 Å². The third kappa shape index (κ3) is 15.3. The SMILES string of the molecule is CCCCCCCCCCCCCCCCCCO[P+](=O)Cc1cc(C(C)(C)C)c(O)c(C(C)(C)C)c1. The van der Waals surface area contributed by atoms with Crippen LogP contribution in [0.4, 0.5) is 0 Å². The first-order valence-electron chi connectivity index (χ1n) is 15.4. The molecular weight excluding hydrogens is 475 g/mol. The van der Waals surface area contributed by atoms with Gasteiger partial charge >= 0.3 is 8.03 Å². The topological polar surface area (TPSA) is 46.5 Å². The molecule has 3 nitrogen and oxygen atoms in total. The van der Waals surface area contributed by atoms with E-state index in [0.717, 1.165) is 29.5 Å². The number of hydrogen-bond acceptors (Lipinski definition) is 3. The Hall–Kier alpha value is -0.920. The molecule has 0 aliphatic rings. The van der Waals surface area contributed by atoms with Crippen LogP contribution in [0.3, 0.4) is 0 Å². The summed E-state index contributed by atoms with van der Waals surface area (Å²) < 4.78 is 18.3. The summed E-state index contributed by atoms with van der Waals surface area (Å²) in [6.07, 6.45) is 21.9. The lowest BCUT2D eigenvalue weighted by atomic mass is 9.78. The van der Waals surface area contributed by atoms with E-state index in [1.165, 1.54) is 89.9 Å². The Labute approximate surface area is 231 Å². The van der Waals surface area contributed by atoms with Crippen molar-refractivity contribution in [2.24, 2.45) is 0 Å². The van der Waals surface area contributed by atoms with Crippen molar-refractivity contribution in [3.63, 3.8) is 0 Å². The molecule has 0 saturated heterocycles. The number of hydrogen-bond donors (Lipinski definition) is 1. The van der Waals surface area contributed by atoms with E-state index in [1.807, 2.05) is 12.1 Å². The highest BCUT2D eigenvalue weighted by Crippen LogP contribution is 2.41. The molecule has 0 saturated carbocycles. The fourth-order valence-corrected chi connectivity index (χ4v) is 5.84. The van der Waals surface area contributed by atoms with Crippen molar-refractivity contribution in [1.29, 1.82) is 0 Å². The number of phenolic OH excluding ortho intramolecular Hbond substituents is 1. The molecule has 1 atom stereocenters. The van der Waals surface area contributed by atoms with E-state index in [1.54, 1.807) is 0 Å². The Bertz CT molecular complexity index is 723. The molecule has 0 aliphatic carbocycles. The number of benzene rings is 1. The number of unbranched alkanes of at least 4 members (excludes halogenated alkanes) is 15. The van der Waals surface area contributed by atoms with Crippen LogP contribution in [0.25, 0.3) is 0 Å². The van der Waals surface area contributed by atoms with Gasteiger partial charge in [-0.25, -0.2) is 0 Å². The maximum atomic E-state index is 12.6. The van der Waals surface area contributed by atoms with E-state index >= 15 is 0 Å². The summed E-state index contributed by atoms with van der Waals surface area (Å²) in [5.74, 6) is 0.369. The zero-order valence-corrected chi connectivity index (χ0v) is 26.5. The Morgan fingerprint density at radius 2 is 1.00 bits per heavy atom. The average molecular weight is 536 g/mol. The molecular formula is C33H60O3P+. The van der Waals surface area contributed by atoms with Gasteiger partial charge in [0.25, 0.3) is 0 Å². The average Bonchev–Trinajstić information content (AvgIpc) is 2.80. The molecule has 0 aliphatic heterocycles. The summed E-state index contributed by atoms with van der Waals surface area (Å²) in [5, 5.41) is 10.9. The van der Waals surface area contributed by atoms with Gasteiger partial charge in [-0.2, -0.15) is 0 Å².